The number of thiophene rings is 1. The predicted octanol–water partition coefficient (Wildman–Crippen LogP) is 2.23. The van der Waals surface area contributed by atoms with E-state index in [4.69, 9.17) is 15.3 Å². The Bertz CT molecular complexity index is 385. The van der Waals surface area contributed by atoms with Gasteiger partial charge in [-0.25, -0.2) is 0 Å². The fourth-order valence-electron chi connectivity index (χ4n) is 3.36. The molecule has 2 aliphatic heterocycles. The third-order valence-electron chi connectivity index (χ3n) is 4.44. The maximum atomic E-state index is 6.10. The molecule has 2 saturated heterocycles. The highest BCUT2D eigenvalue weighted by Crippen LogP contribution is 2.42. The third-order valence-corrected chi connectivity index (χ3v) is 5.39. The minimum Gasteiger partial charge on any atom is -0.381 e. The third kappa shape index (κ3) is 2.85. The van der Waals surface area contributed by atoms with Gasteiger partial charge in [0, 0.05) is 24.7 Å². The summed E-state index contributed by atoms with van der Waals surface area (Å²) in [5, 5.41) is 2.11. The van der Waals surface area contributed by atoms with Crippen molar-refractivity contribution < 1.29 is 9.47 Å². The first-order valence-electron chi connectivity index (χ1n) is 7.04. The van der Waals surface area contributed by atoms with Crippen molar-refractivity contribution in [1.29, 1.82) is 0 Å². The van der Waals surface area contributed by atoms with Crippen LogP contribution in [0, 0.1) is 5.92 Å². The molecule has 4 nitrogen and oxygen atoms in total. The minimum absolute atomic E-state index is 0.0352. The van der Waals surface area contributed by atoms with Crippen molar-refractivity contribution in [3.05, 3.63) is 22.4 Å². The van der Waals surface area contributed by atoms with Crippen LogP contribution < -0.4 is 11.3 Å². The van der Waals surface area contributed by atoms with Gasteiger partial charge in [-0.3, -0.25) is 11.3 Å². The van der Waals surface area contributed by atoms with Crippen LogP contribution in [0.4, 0.5) is 0 Å². The SMILES string of the molecule is NNC(c1cccs1)C1CCOC2(CCOCC2)C1. The number of ether oxygens (including phenoxy) is 2. The van der Waals surface area contributed by atoms with Crippen LogP contribution in [0.3, 0.4) is 0 Å². The Kier molecular flexibility index (Phi) is 4.19. The molecule has 19 heavy (non-hydrogen) atoms. The van der Waals surface area contributed by atoms with Crippen molar-refractivity contribution in [2.24, 2.45) is 11.8 Å². The molecule has 3 heterocycles. The molecule has 2 atom stereocenters. The number of nitrogens with two attached hydrogens (primary N) is 1. The molecule has 1 spiro atoms. The van der Waals surface area contributed by atoms with Gasteiger partial charge < -0.3 is 9.47 Å². The fourth-order valence-corrected chi connectivity index (χ4v) is 4.24. The molecule has 1 aromatic heterocycles. The van der Waals surface area contributed by atoms with Crippen molar-refractivity contribution >= 4 is 11.3 Å². The van der Waals surface area contributed by atoms with Gasteiger partial charge in [-0.15, -0.1) is 11.3 Å². The fraction of sp³-hybridized carbons (Fsp3) is 0.714. The van der Waals surface area contributed by atoms with E-state index in [1.54, 1.807) is 11.3 Å². The first-order chi connectivity index (χ1) is 9.33. The van der Waals surface area contributed by atoms with E-state index < -0.39 is 0 Å². The Balaban J connectivity index is 1.73. The van der Waals surface area contributed by atoms with Gasteiger partial charge in [-0.05, 0) is 43.0 Å². The van der Waals surface area contributed by atoms with E-state index in [9.17, 15) is 0 Å². The topological polar surface area (TPSA) is 56.5 Å². The molecule has 3 rings (SSSR count). The summed E-state index contributed by atoms with van der Waals surface area (Å²) in [6.45, 7) is 2.49. The van der Waals surface area contributed by atoms with Crippen LogP contribution in [-0.4, -0.2) is 25.4 Å². The van der Waals surface area contributed by atoms with Gasteiger partial charge in [0.25, 0.3) is 0 Å². The molecule has 0 saturated carbocycles. The average Bonchev–Trinajstić information content (AvgIpc) is 2.95. The summed E-state index contributed by atoms with van der Waals surface area (Å²) in [6, 6.07) is 4.51. The summed E-state index contributed by atoms with van der Waals surface area (Å²) >= 11 is 1.78. The Morgan fingerprint density at radius 3 is 2.89 bits per heavy atom. The quantitative estimate of drug-likeness (QED) is 0.659. The van der Waals surface area contributed by atoms with E-state index in [2.05, 4.69) is 22.9 Å². The van der Waals surface area contributed by atoms with E-state index in [1.165, 1.54) is 4.88 Å². The molecule has 0 aromatic carbocycles. The number of rotatable bonds is 3. The molecule has 2 unspecified atom stereocenters. The summed E-state index contributed by atoms with van der Waals surface area (Å²) in [7, 11) is 0. The van der Waals surface area contributed by atoms with Crippen LogP contribution in [0.2, 0.25) is 0 Å². The lowest BCUT2D eigenvalue weighted by molar-refractivity contribution is -0.150. The zero-order valence-corrected chi connectivity index (χ0v) is 12.0. The van der Waals surface area contributed by atoms with Crippen LogP contribution in [0.5, 0.6) is 0 Å². The van der Waals surface area contributed by atoms with Gasteiger partial charge in [0.1, 0.15) is 0 Å². The number of hydrogen-bond acceptors (Lipinski definition) is 5. The molecule has 106 valence electrons. The van der Waals surface area contributed by atoms with Crippen molar-refractivity contribution in [3.63, 3.8) is 0 Å². The van der Waals surface area contributed by atoms with Crippen LogP contribution >= 0.6 is 11.3 Å². The highest BCUT2D eigenvalue weighted by molar-refractivity contribution is 7.10. The lowest BCUT2D eigenvalue weighted by atomic mass is 9.77. The number of nitrogens with one attached hydrogen (secondary N) is 1. The summed E-state index contributed by atoms with van der Waals surface area (Å²) < 4.78 is 11.6. The van der Waals surface area contributed by atoms with Crippen LogP contribution in [0.25, 0.3) is 0 Å². The molecule has 3 N–H and O–H groups in total. The van der Waals surface area contributed by atoms with Gasteiger partial charge in [0.05, 0.1) is 11.6 Å². The molecule has 1 aromatic rings. The molecule has 2 aliphatic rings. The molecule has 5 heteroatoms. The molecule has 2 fully saturated rings. The van der Waals surface area contributed by atoms with E-state index in [0.717, 1.165) is 45.5 Å². The van der Waals surface area contributed by atoms with Gasteiger partial charge in [-0.2, -0.15) is 0 Å². The van der Waals surface area contributed by atoms with Crippen molar-refractivity contribution in [3.8, 4) is 0 Å². The van der Waals surface area contributed by atoms with Crippen molar-refractivity contribution in [1.82, 2.24) is 5.43 Å². The van der Waals surface area contributed by atoms with Crippen LogP contribution in [-0.2, 0) is 9.47 Å². The maximum absolute atomic E-state index is 6.10. The summed E-state index contributed by atoms with van der Waals surface area (Å²) in [5.41, 5.74) is 3.06. The molecular formula is C14H22N2O2S. The van der Waals surface area contributed by atoms with Gasteiger partial charge in [0.2, 0.25) is 0 Å². The largest absolute Gasteiger partial charge is 0.381 e. The lowest BCUT2D eigenvalue weighted by Gasteiger charge is -2.45. The number of hydrazine groups is 1. The summed E-state index contributed by atoms with van der Waals surface area (Å²) in [4.78, 5) is 1.33. The molecule has 0 amide bonds. The first kappa shape index (κ1) is 13.5. The molecule has 0 bridgehead atoms. The highest BCUT2D eigenvalue weighted by atomic mass is 32.1. The molecule has 0 aliphatic carbocycles. The van der Waals surface area contributed by atoms with Gasteiger partial charge in [-0.1, -0.05) is 6.07 Å². The molecular weight excluding hydrogens is 260 g/mol. The Labute approximate surface area is 118 Å². The average molecular weight is 282 g/mol. The zero-order chi connectivity index (χ0) is 13.1. The van der Waals surface area contributed by atoms with E-state index in [0.29, 0.717) is 5.92 Å². The predicted molar refractivity (Wildman–Crippen MR) is 75.8 cm³/mol. The van der Waals surface area contributed by atoms with Crippen molar-refractivity contribution in [2.75, 3.05) is 19.8 Å². The van der Waals surface area contributed by atoms with E-state index >= 15 is 0 Å². The monoisotopic (exact) mass is 282 g/mol. The van der Waals surface area contributed by atoms with Crippen LogP contribution in [0.1, 0.15) is 36.6 Å². The normalized spacial score (nSPS) is 28.4. The highest BCUT2D eigenvalue weighted by Gasteiger charge is 2.41. The minimum atomic E-state index is 0.0352. The van der Waals surface area contributed by atoms with E-state index in [1.807, 2.05) is 0 Å². The summed E-state index contributed by atoms with van der Waals surface area (Å²) in [5.74, 6) is 6.36. The summed E-state index contributed by atoms with van der Waals surface area (Å²) in [6.07, 6.45) is 4.20. The standard InChI is InChI=1S/C14H22N2O2S/c15-16-13(12-2-1-9-19-12)11-3-6-18-14(10-11)4-7-17-8-5-14/h1-2,9,11,13,16H,3-8,10,15H2. The number of hydrogen-bond donors (Lipinski definition) is 2. The second-order valence-electron chi connectivity index (χ2n) is 5.56. The van der Waals surface area contributed by atoms with Crippen molar-refractivity contribution in [2.45, 2.75) is 37.3 Å². The Morgan fingerprint density at radius 1 is 1.37 bits per heavy atom. The zero-order valence-electron chi connectivity index (χ0n) is 11.1. The first-order valence-corrected chi connectivity index (χ1v) is 7.92. The van der Waals surface area contributed by atoms with Crippen LogP contribution in [0.15, 0.2) is 17.5 Å². The Morgan fingerprint density at radius 2 is 2.21 bits per heavy atom. The second kappa shape index (κ2) is 5.89. The maximum Gasteiger partial charge on any atom is 0.0729 e. The van der Waals surface area contributed by atoms with E-state index in [-0.39, 0.29) is 11.6 Å². The second-order valence-corrected chi connectivity index (χ2v) is 6.54. The molecule has 0 radical (unpaired) electrons. The lowest BCUT2D eigenvalue weighted by Crippen LogP contribution is -2.47. The van der Waals surface area contributed by atoms with Gasteiger partial charge in [0.15, 0.2) is 0 Å². The van der Waals surface area contributed by atoms with Gasteiger partial charge >= 0.3 is 0 Å². The Hall–Kier alpha value is -0.460. The smallest absolute Gasteiger partial charge is 0.0729 e.